The smallest absolute Gasteiger partial charge is 0.259 e. The van der Waals surface area contributed by atoms with E-state index >= 15 is 0 Å². The number of H-pyrrole nitrogens is 1. The van der Waals surface area contributed by atoms with Crippen LogP contribution >= 0.6 is 23.1 Å². The number of benzene rings is 1. The lowest BCUT2D eigenvalue weighted by atomic mass is 10.1. The van der Waals surface area contributed by atoms with Crippen molar-refractivity contribution < 1.29 is 9.53 Å². The summed E-state index contributed by atoms with van der Waals surface area (Å²) < 4.78 is 5.49. The second-order valence-electron chi connectivity index (χ2n) is 7.23. The van der Waals surface area contributed by atoms with Gasteiger partial charge in [0.05, 0.1) is 23.5 Å². The number of aryl methyl sites for hydroxylation is 2. The topological polar surface area (TPSA) is 84.1 Å². The SMILES string of the molecule is CCOCc1ccccc1CNC(=O)CSCc1nc2sc3c(c2c(=O)[nH]1)CCC3. The van der Waals surface area contributed by atoms with Crippen LogP contribution < -0.4 is 10.9 Å². The summed E-state index contributed by atoms with van der Waals surface area (Å²) in [5, 5.41) is 3.73. The van der Waals surface area contributed by atoms with Crippen LogP contribution in [0.5, 0.6) is 0 Å². The highest BCUT2D eigenvalue weighted by Crippen LogP contribution is 2.34. The zero-order chi connectivity index (χ0) is 20.9. The molecule has 1 aliphatic rings. The lowest BCUT2D eigenvalue weighted by molar-refractivity contribution is -0.118. The van der Waals surface area contributed by atoms with Gasteiger partial charge < -0.3 is 15.0 Å². The van der Waals surface area contributed by atoms with Crippen molar-refractivity contribution in [1.29, 1.82) is 0 Å². The molecule has 3 aromatic rings. The fourth-order valence-corrected chi connectivity index (χ4v) is 5.68. The highest BCUT2D eigenvalue weighted by molar-refractivity contribution is 7.99. The summed E-state index contributed by atoms with van der Waals surface area (Å²) in [5.74, 6) is 1.41. The zero-order valence-electron chi connectivity index (χ0n) is 17.0. The summed E-state index contributed by atoms with van der Waals surface area (Å²) >= 11 is 3.09. The van der Waals surface area contributed by atoms with Gasteiger partial charge in [-0.15, -0.1) is 23.1 Å². The fraction of sp³-hybridized carbons (Fsp3) is 0.409. The zero-order valence-corrected chi connectivity index (χ0v) is 18.6. The van der Waals surface area contributed by atoms with Gasteiger partial charge in [-0.25, -0.2) is 4.98 Å². The van der Waals surface area contributed by atoms with Gasteiger partial charge in [0.2, 0.25) is 5.91 Å². The van der Waals surface area contributed by atoms with E-state index in [1.807, 2.05) is 31.2 Å². The van der Waals surface area contributed by atoms with Crippen LogP contribution in [0.4, 0.5) is 0 Å². The quantitative estimate of drug-likeness (QED) is 0.528. The lowest BCUT2D eigenvalue weighted by Gasteiger charge is -2.10. The van der Waals surface area contributed by atoms with E-state index in [4.69, 9.17) is 4.74 Å². The first kappa shape index (κ1) is 21.1. The maximum Gasteiger partial charge on any atom is 0.259 e. The van der Waals surface area contributed by atoms with Crippen molar-refractivity contribution >= 4 is 39.2 Å². The van der Waals surface area contributed by atoms with Gasteiger partial charge in [-0.05, 0) is 42.9 Å². The van der Waals surface area contributed by atoms with E-state index in [9.17, 15) is 9.59 Å². The van der Waals surface area contributed by atoms with Gasteiger partial charge in [0.25, 0.3) is 5.56 Å². The average Bonchev–Trinajstić information content (AvgIpc) is 3.32. The molecule has 4 rings (SSSR count). The Kier molecular flexibility index (Phi) is 6.86. The summed E-state index contributed by atoms with van der Waals surface area (Å²) in [6.45, 7) is 3.65. The first-order valence-electron chi connectivity index (χ1n) is 10.2. The Morgan fingerprint density at radius 2 is 2.13 bits per heavy atom. The number of aromatic amines is 1. The van der Waals surface area contributed by atoms with Crippen molar-refractivity contribution in [3.63, 3.8) is 0 Å². The number of carbonyl (C=O) groups excluding carboxylic acids is 1. The summed E-state index contributed by atoms with van der Waals surface area (Å²) in [6.07, 6.45) is 3.15. The van der Waals surface area contributed by atoms with Crippen LogP contribution in [0.15, 0.2) is 29.1 Å². The molecule has 1 amide bonds. The van der Waals surface area contributed by atoms with Gasteiger partial charge in [-0.3, -0.25) is 9.59 Å². The van der Waals surface area contributed by atoms with Crippen molar-refractivity contribution in [3.8, 4) is 0 Å². The third-order valence-electron chi connectivity index (χ3n) is 5.15. The standard InChI is InChI=1S/C22H25N3O3S2/c1-2-28-11-15-7-4-3-6-14(15)10-23-19(26)13-29-12-18-24-21(27)20-16-8-5-9-17(16)30-22(20)25-18/h3-4,6-7H,2,5,8-13H2,1H3,(H,23,26)(H,24,25,27). The van der Waals surface area contributed by atoms with Crippen molar-refractivity contribution in [2.24, 2.45) is 0 Å². The number of fused-ring (bicyclic) bond motifs is 3. The maximum atomic E-state index is 12.5. The molecule has 0 fully saturated rings. The number of thioether (sulfide) groups is 1. The van der Waals surface area contributed by atoms with Gasteiger partial charge >= 0.3 is 0 Å². The van der Waals surface area contributed by atoms with Crippen molar-refractivity contribution in [2.45, 2.75) is 45.1 Å². The van der Waals surface area contributed by atoms with Crippen LogP contribution in [0, 0.1) is 0 Å². The van der Waals surface area contributed by atoms with Crippen LogP contribution in [-0.4, -0.2) is 28.2 Å². The van der Waals surface area contributed by atoms with Gasteiger partial charge in [0.1, 0.15) is 10.7 Å². The molecular weight excluding hydrogens is 418 g/mol. The predicted molar refractivity (Wildman–Crippen MR) is 122 cm³/mol. The Morgan fingerprint density at radius 3 is 2.97 bits per heavy atom. The molecule has 1 aromatic carbocycles. The van der Waals surface area contributed by atoms with E-state index in [2.05, 4.69) is 15.3 Å². The maximum absolute atomic E-state index is 12.5. The number of carbonyl (C=O) groups is 1. The molecule has 2 N–H and O–H groups in total. The van der Waals surface area contributed by atoms with E-state index < -0.39 is 0 Å². The van der Waals surface area contributed by atoms with E-state index in [0.717, 1.165) is 40.6 Å². The number of rotatable bonds is 9. The van der Waals surface area contributed by atoms with Crippen LogP contribution in [-0.2, 0) is 41.3 Å². The number of thiophene rings is 1. The molecule has 2 heterocycles. The van der Waals surface area contributed by atoms with Crippen molar-refractivity contribution in [2.75, 3.05) is 12.4 Å². The number of hydrogen-bond donors (Lipinski definition) is 2. The molecule has 8 heteroatoms. The number of hydrogen-bond acceptors (Lipinski definition) is 6. The van der Waals surface area contributed by atoms with Gasteiger partial charge in [0.15, 0.2) is 0 Å². The van der Waals surface area contributed by atoms with E-state index in [-0.39, 0.29) is 11.5 Å². The Labute approximate surface area is 183 Å². The molecule has 0 saturated heterocycles. The summed E-state index contributed by atoms with van der Waals surface area (Å²) in [5.41, 5.74) is 3.29. The molecule has 30 heavy (non-hydrogen) atoms. The van der Waals surface area contributed by atoms with Crippen LogP contribution in [0.1, 0.15) is 40.7 Å². The fourth-order valence-electron chi connectivity index (χ4n) is 3.68. The molecular formula is C22H25N3O3S2. The molecule has 0 radical (unpaired) electrons. The van der Waals surface area contributed by atoms with Gasteiger partial charge in [-0.2, -0.15) is 0 Å². The molecule has 158 valence electrons. The van der Waals surface area contributed by atoms with Crippen LogP contribution in [0.3, 0.4) is 0 Å². The molecule has 6 nitrogen and oxygen atoms in total. The van der Waals surface area contributed by atoms with E-state index in [1.165, 1.54) is 22.2 Å². The molecule has 0 aliphatic heterocycles. The predicted octanol–water partition coefficient (Wildman–Crippen LogP) is 3.56. The Bertz CT molecular complexity index is 1110. The molecule has 0 saturated carbocycles. The molecule has 1 aliphatic carbocycles. The third kappa shape index (κ3) is 4.77. The van der Waals surface area contributed by atoms with E-state index in [0.29, 0.717) is 37.1 Å². The lowest BCUT2D eigenvalue weighted by Crippen LogP contribution is -2.25. The highest BCUT2D eigenvalue weighted by atomic mass is 32.2. The summed E-state index contributed by atoms with van der Waals surface area (Å²) in [4.78, 5) is 34.4. The first-order valence-corrected chi connectivity index (χ1v) is 12.1. The minimum Gasteiger partial charge on any atom is -0.377 e. The monoisotopic (exact) mass is 443 g/mol. The Hall–Kier alpha value is -2.16. The van der Waals surface area contributed by atoms with Gasteiger partial charge in [-0.1, -0.05) is 24.3 Å². The molecule has 0 atom stereocenters. The normalized spacial score (nSPS) is 13.0. The minimum absolute atomic E-state index is 0.0373. The van der Waals surface area contributed by atoms with Gasteiger partial charge in [0, 0.05) is 18.0 Å². The molecule has 2 aromatic heterocycles. The number of amides is 1. The average molecular weight is 444 g/mol. The molecule has 0 unspecified atom stereocenters. The summed E-state index contributed by atoms with van der Waals surface area (Å²) in [7, 11) is 0. The Morgan fingerprint density at radius 1 is 1.30 bits per heavy atom. The number of nitrogens with one attached hydrogen (secondary N) is 2. The highest BCUT2D eigenvalue weighted by Gasteiger charge is 2.21. The largest absolute Gasteiger partial charge is 0.377 e. The molecule has 0 bridgehead atoms. The van der Waals surface area contributed by atoms with E-state index in [1.54, 1.807) is 11.3 Å². The van der Waals surface area contributed by atoms with Crippen LogP contribution in [0.25, 0.3) is 10.2 Å². The van der Waals surface area contributed by atoms with Crippen molar-refractivity contribution in [1.82, 2.24) is 15.3 Å². The van der Waals surface area contributed by atoms with Crippen molar-refractivity contribution in [3.05, 3.63) is 62.0 Å². The Balaban J connectivity index is 1.30. The minimum atomic E-state index is -0.0506. The molecule has 0 spiro atoms. The second-order valence-corrected chi connectivity index (χ2v) is 9.29. The first-order chi connectivity index (χ1) is 14.7. The summed E-state index contributed by atoms with van der Waals surface area (Å²) in [6, 6.07) is 7.96. The second kappa shape index (κ2) is 9.76. The number of nitrogens with zero attached hydrogens (tertiary/aromatic N) is 1. The number of ether oxygens (including phenoxy) is 1. The third-order valence-corrected chi connectivity index (χ3v) is 7.28. The number of aromatic nitrogens is 2. The van der Waals surface area contributed by atoms with Crippen LogP contribution in [0.2, 0.25) is 0 Å².